The maximum Gasteiger partial charge on any atom is 0.232 e. The molecular weight excluding hydrogens is 312 g/mol. The lowest BCUT2D eigenvalue weighted by Gasteiger charge is -2.27. The van der Waals surface area contributed by atoms with Crippen molar-refractivity contribution in [1.82, 2.24) is 10.3 Å². The molecule has 0 fully saturated rings. The fourth-order valence-corrected chi connectivity index (χ4v) is 3.15. The Labute approximate surface area is 146 Å². The number of hydrogen-bond donors (Lipinski definition) is 1. The van der Waals surface area contributed by atoms with E-state index in [0.29, 0.717) is 13.0 Å². The summed E-state index contributed by atoms with van der Waals surface area (Å²) in [5.74, 6) is 1.11. The highest BCUT2D eigenvalue weighted by Gasteiger charge is 2.32. The number of nitrogens with one attached hydrogen (secondary N) is 1. The van der Waals surface area contributed by atoms with Crippen LogP contribution in [0.15, 0.2) is 72.9 Å². The van der Waals surface area contributed by atoms with E-state index in [1.807, 2.05) is 66.7 Å². The van der Waals surface area contributed by atoms with Crippen LogP contribution in [-0.4, -0.2) is 17.4 Å². The number of para-hydroxylation sites is 2. The zero-order valence-corrected chi connectivity index (χ0v) is 13.7. The predicted octanol–water partition coefficient (Wildman–Crippen LogP) is 3.68. The van der Waals surface area contributed by atoms with Crippen molar-refractivity contribution in [1.29, 1.82) is 0 Å². The highest BCUT2D eigenvalue weighted by atomic mass is 16.5. The number of nitrogens with zero attached hydrogens (tertiary/aromatic N) is 1. The molecule has 4 heteroatoms. The molecule has 4 rings (SSSR count). The summed E-state index contributed by atoms with van der Waals surface area (Å²) in [7, 11) is 0. The first kappa shape index (κ1) is 15.4. The Morgan fingerprint density at radius 2 is 1.56 bits per heavy atom. The number of fused-ring (bicyclic) bond motifs is 2. The van der Waals surface area contributed by atoms with Crippen LogP contribution in [0.4, 0.5) is 0 Å². The number of ether oxygens (including phenoxy) is 1. The molecule has 1 amide bonds. The van der Waals surface area contributed by atoms with E-state index in [1.165, 1.54) is 0 Å². The standard InChI is InChI=1S/C21H18N2O2/c24-21(23-14-12-15-7-5-6-13-22-15)20-16-8-1-3-10-18(16)25-19-11-4-2-9-17(19)20/h1-11,13,20H,12,14H2,(H,23,24). The van der Waals surface area contributed by atoms with Gasteiger partial charge in [0.15, 0.2) is 0 Å². The Morgan fingerprint density at radius 1 is 0.920 bits per heavy atom. The summed E-state index contributed by atoms with van der Waals surface area (Å²) in [4.78, 5) is 17.2. The van der Waals surface area contributed by atoms with Crippen LogP contribution < -0.4 is 10.1 Å². The third-order valence-electron chi connectivity index (χ3n) is 4.35. The molecule has 0 unspecified atom stereocenters. The Morgan fingerprint density at radius 3 is 2.20 bits per heavy atom. The summed E-state index contributed by atoms with van der Waals surface area (Å²) >= 11 is 0. The molecule has 1 aliphatic heterocycles. The van der Waals surface area contributed by atoms with E-state index < -0.39 is 0 Å². The number of rotatable bonds is 4. The van der Waals surface area contributed by atoms with E-state index in [2.05, 4.69) is 10.3 Å². The number of hydrogen-bond acceptors (Lipinski definition) is 3. The van der Waals surface area contributed by atoms with E-state index in [9.17, 15) is 4.79 Å². The van der Waals surface area contributed by atoms with E-state index in [1.54, 1.807) is 6.20 Å². The van der Waals surface area contributed by atoms with Crippen LogP contribution >= 0.6 is 0 Å². The van der Waals surface area contributed by atoms with Gasteiger partial charge in [0.1, 0.15) is 11.5 Å². The van der Waals surface area contributed by atoms with Crippen molar-refractivity contribution in [3.05, 3.63) is 89.7 Å². The van der Waals surface area contributed by atoms with Gasteiger partial charge < -0.3 is 10.1 Å². The first-order valence-corrected chi connectivity index (χ1v) is 8.36. The second-order valence-corrected chi connectivity index (χ2v) is 5.97. The van der Waals surface area contributed by atoms with Gasteiger partial charge in [-0.25, -0.2) is 0 Å². The quantitative estimate of drug-likeness (QED) is 0.794. The van der Waals surface area contributed by atoms with Crippen LogP contribution in [0, 0.1) is 0 Å². The SMILES string of the molecule is O=C(NCCc1ccccn1)C1c2ccccc2Oc2ccccc21. The zero-order valence-electron chi connectivity index (χ0n) is 13.7. The number of aromatic nitrogens is 1. The van der Waals surface area contributed by atoms with Crippen molar-refractivity contribution < 1.29 is 9.53 Å². The van der Waals surface area contributed by atoms with Crippen LogP contribution in [0.2, 0.25) is 0 Å². The minimum Gasteiger partial charge on any atom is -0.457 e. The molecule has 1 aliphatic rings. The minimum absolute atomic E-state index is 0.0147. The largest absolute Gasteiger partial charge is 0.457 e. The molecule has 0 spiro atoms. The summed E-state index contributed by atoms with van der Waals surface area (Å²) in [5.41, 5.74) is 2.77. The van der Waals surface area contributed by atoms with Gasteiger partial charge in [0.05, 0.1) is 5.92 Å². The van der Waals surface area contributed by atoms with E-state index in [-0.39, 0.29) is 11.8 Å². The van der Waals surface area contributed by atoms with Gasteiger partial charge in [-0.05, 0) is 24.3 Å². The average Bonchev–Trinajstić information content (AvgIpc) is 2.66. The summed E-state index contributed by atoms with van der Waals surface area (Å²) < 4.78 is 5.94. The predicted molar refractivity (Wildman–Crippen MR) is 95.8 cm³/mol. The Kier molecular flexibility index (Phi) is 4.17. The number of pyridine rings is 1. The molecule has 0 saturated heterocycles. The lowest BCUT2D eigenvalue weighted by Crippen LogP contribution is -2.33. The van der Waals surface area contributed by atoms with Crippen LogP contribution in [0.3, 0.4) is 0 Å². The maximum absolute atomic E-state index is 12.9. The molecule has 0 aliphatic carbocycles. The Bertz CT molecular complexity index is 848. The van der Waals surface area contributed by atoms with E-state index in [4.69, 9.17) is 4.74 Å². The number of carbonyl (C=O) groups excluding carboxylic acids is 1. The van der Waals surface area contributed by atoms with Crippen molar-refractivity contribution in [3.63, 3.8) is 0 Å². The highest BCUT2D eigenvalue weighted by molar-refractivity contribution is 5.89. The Balaban J connectivity index is 1.55. The van der Waals surface area contributed by atoms with Crippen LogP contribution in [0.1, 0.15) is 22.7 Å². The lowest BCUT2D eigenvalue weighted by molar-refractivity contribution is -0.121. The molecule has 1 aromatic heterocycles. The van der Waals surface area contributed by atoms with Crippen LogP contribution in [-0.2, 0) is 11.2 Å². The molecule has 0 radical (unpaired) electrons. The zero-order chi connectivity index (χ0) is 17.1. The van der Waals surface area contributed by atoms with Gasteiger partial charge in [-0.3, -0.25) is 9.78 Å². The molecule has 0 bridgehead atoms. The third-order valence-corrected chi connectivity index (χ3v) is 4.35. The fraction of sp³-hybridized carbons (Fsp3) is 0.143. The van der Waals surface area contributed by atoms with Gasteiger partial charge in [-0.1, -0.05) is 42.5 Å². The second kappa shape index (κ2) is 6.77. The van der Waals surface area contributed by atoms with Gasteiger partial charge in [-0.15, -0.1) is 0 Å². The van der Waals surface area contributed by atoms with Crippen molar-refractivity contribution in [2.24, 2.45) is 0 Å². The van der Waals surface area contributed by atoms with Crippen LogP contribution in [0.25, 0.3) is 0 Å². The highest BCUT2D eigenvalue weighted by Crippen LogP contribution is 2.43. The topological polar surface area (TPSA) is 51.2 Å². The smallest absolute Gasteiger partial charge is 0.232 e. The summed E-state index contributed by atoms with van der Waals surface area (Å²) in [6.45, 7) is 0.553. The molecule has 4 nitrogen and oxygen atoms in total. The van der Waals surface area contributed by atoms with Gasteiger partial charge in [0, 0.05) is 36.0 Å². The summed E-state index contributed by atoms with van der Waals surface area (Å²) in [6.07, 6.45) is 2.47. The monoisotopic (exact) mass is 330 g/mol. The molecular formula is C21H18N2O2. The first-order valence-electron chi connectivity index (χ1n) is 8.36. The molecule has 2 heterocycles. The molecule has 25 heavy (non-hydrogen) atoms. The van der Waals surface area contributed by atoms with Gasteiger partial charge in [0.25, 0.3) is 0 Å². The fourth-order valence-electron chi connectivity index (χ4n) is 3.15. The molecule has 1 N–H and O–H groups in total. The second-order valence-electron chi connectivity index (χ2n) is 5.97. The maximum atomic E-state index is 12.9. The average molecular weight is 330 g/mol. The molecule has 3 aromatic rings. The van der Waals surface area contributed by atoms with Crippen molar-refractivity contribution >= 4 is 5.91 Å². The molecule has 124 valence electrons. The van der Waals surface area contributed by atoms with Gasteiger partial charge in [0.2, 0.25) is 5.91 Å². The molecule has 2 aromatic carbocycles. The van der Waals surface area contributed by atoms with E-state index in [0.717, 1.165) is 28.3 Å². The third kappa shape index (κ3) is 3.11. The first-order chi connectivity index (χ1) is 12.3. The number of amides is 1. The van der Waals surface area contributed by atoms with Crippen molar-refractivity contribution in [2.75, 3.05) is 6.54 Å². The lowest BCUT2D eigenvalue weighted by atomic mass is 9.87. The normalized spacial score (nSPS) is 12.6. The van der Waals surface area contributed by atoms with Crippen molar-refractivity contribution in [3.8, 4) is 11.5 Å². The summed E-state index contributed by atoms with van der Waals surface area (Å²) in [5, 5.41) is 3.05. The minimum atomic E-state index is -0.357. The number of benzene rings is 2. The molecule has 0 atom stereocenters. The summed E-state index contributed by atoms with van der Waals surface area (Å²) in [6, 6.07) is 21.2. The van der Waals surface area contributed by atoms with Gasteiger partial charge >= 0.3 is 0 Å². The Hall–Kier alpha value is -3.14. The van der Waals surface area contributed by atoms with Crippen LogP contribution in [0.5, 0.6) is 11.5 Å². The van der Waals surface area contributed by atoms with E-state index >= 15 is 0 Å². The number of carbonyl (C=O) groups is 1. The van der Waals surface area contributed by atoms with Crippen molar-refractivity contribution in [2.45, 2.75) is 12.3 Å². The molecule has 0 saturated carbocycles. The van der Waals surface area contributed by atoms with Gasteiger partial charge in [-0.2, -0.15) is 0 Å².